The van der Waals surface area contributed by atoms with E-state index >= 15 is 0 Å². The van der Waals surface area contributed by atoms with Gasteiger partial charge in [-0.25, -0.2) is 4.39 Å². The van der Waals surface area contributed by atoms with Gasteiger partial charge in [0.15, 0.2) is 0 Å². The Morgan fingerprint density at radius 2 is 1.90 bits per heavy atom. The zero-order valence-corrected chi connectivity index (χ0v) is 16.9. The molecule has 0 amide bonds. The summed E-state index contributed by atoms with van der Waals surface area (Å²) >= 11 is 1.38. The molecule has 0 atom stereocenters. The van der Waals surface area contributed by atoms with E-state index < -0.39 is 17.6 Å². The first-order chi connectivity index (χ1) is 13.4. The van der Waals surface area contributed by atoms with Crippen molar-refractivity contribution < 1.29 is 17.6 Å². The average Bonchev–Trinajstić information content (AvgIpc) is 2.64. The van der Waals surface area contributed by atoms with Crippen molar-refractivity contribution in [2.45, 2.75) is 41.7 Å². The SMILES string of the molecule is Cl.Fc1ccc(SC2CC(NCc3cccc4cnccc34)C2)cc1C(F)(F)F. The van der Waals surface area contributed by atoms with Crippen LogP contribution in [0.15, 0.2) is 59.8 Å². The number of thioether (sulfide) groups is 1. The number of hydrogen-bond acceptors (Lipinski definition) is 3. The maximum absolute atomic E-state index is 13.4. The van der Waals surface area contributed by atoms with Crippen LogP contribution in [0.25, 0.3) is 10.8 Å². The molecule has 4 rings (SSSR count). The molecule has 2 nitrogen and oxygen atoms in total. The lowest BCUT2D eigenvalue weighted by atomic mass is 9.92. The lowest BCUT2D eigenvalue weighted by molar-refractivity contribution is -0.140. The van der Waals surface area contributed by atoms with Crippen LogP contribution in [-0.2, 0) is 12.7 Å². The number of rotatable bonds is 5. The van der Waals surface area contributed by atoms with Gasteiger partial charge in [0, 0.05) is 40.5 Å². The Labute approximate surface area is 176 Å². The predicted molar refractivity (Wildman–Crippen MR) is 110 cm³/mol. The van der Waals surface area contributed by atoms with E-state index in [-0.39, 0.29) is 17.7 Å². The average molecular weight is 443 g/mol. The van der Waals surface area contributed by atoms with Crippen molar-refractivity contribution >= 4 is 34.9 Å². The van der Waals surface area contributed by atoms with E-state index in [1.807, 2.05) is 24.4 Å². The number of nitrogens with one attached hydrogen (secondary N) is 1. The third-order valence-corrected chi connectivity index (χ3v) is 6.24. The fraction of sp³-hybridized carbons (Fsp3) is 0.286. The molecule has 1 N–H and O–H groups in total. The van der Waals surface area contributed by atoms with Gasteiger partial charge in [-0.2, -0.15) is 13.2 Å². The van der Waals surface area contributed by atoms with Crippen molar-refractivity contribution in [3.63, 3.8) is 0 Å². The van der Waals surface area contributed by atoms with Gasteiger partial charge in [0.25, 0.3) is 0 Å². The maximum atomic E-state index is 13.4. The van der Waals surface area contributed by atoms with Crippen molar-refractivity contribution in [3.8, 4) is 0 Å². The van der Waals surface area contributed by atoms with Crippen LogP contribution in [0.4, 0.5) is 17.6 Å². The number of aromatic nitrogens is 1. The number of alkyl halides is 3. The van der Waals surface area contributed by atoms with Crippen molar-refractivity contribution in [2.24, 2.45) is 0 Å². The van der Waals surface area contributed by atoms with Crippen molar-refractivity contribution in [1.82, 2.24) is 10.3 Å². The molecule has 1 aliphatic rings. The van der Waals surface area contributed by atoms with E-state index in [1.54, 1.807) is 6.20 Å². The molecule has 0 bridgehead atoms. The van der Waals surface area contributed by atoms with Gasteiger partial charge < -0.3 is 5.32 Å². The Morgan fingerprint density at radius 3 is 2.66 bits per heavy atom. The highest BCUT2D eigenvalue weighted by atomic mass is 35.5. The van der Waals surface area contributed by atoms with Crippen LogP contribution in [0.3, 0.4) is 0 Å². The molecule has 8 heteroatoms. The summed E-state index contributed by atoms with van der Waals surface area (Å²) in [5.74, 6) is -1.23. The van der Waals surface area contributed by atoms with Gasteiger partial charge >= 0.3 is 6.18 Å². The normalized spacial score (nSPS) is 18.9. The third kappa shape index (κ3) is 5.02. The molecule has 1 aliphatic carbocycles. The second-order valence-corrected chi connectivity index (χ2v) is 8.32. The van der Waals surface area contributed by atoms with E-state index in [0.29, 0.717) is 10.9 Å². The van der Waals surface area contributed by atoms with Gasteiger partial charge in [-0.15, -0.1) is 24.2 Å². The number of hydrogen-bond donors (Lipinski definition) is 1. The highest BCUT2D eigenvalue weighted by Crippen LogP contribution is 2.40. The van der Waals surface area contributed by atoms with E-state index in [9.17, 15) is 17.6 Å². The Balaban J connectivity index is 0.00000240. The minimum absolute atomic E-state index is 0. The predicted octanol–water partition coefficient (Wildman–Crippen LogP) is 6.23. The quantitative estimate of drug-likeness (QED) is 0.474. The van der Waals surface area contributed by atoms with Crippen LogP contribution in [0, 0.1) is 5.82 Å². The molecular formula is C21H19ClF4N2S. The molecule has 1 saturated carbocycles. The summed E-state index contributed by atoms with van der Waals surface area (Å²) in [5, 5.41) is 6.02. The smallest absolute Gasteiger partial charge is 0.310 e. The van der Waals surface area contributed by atoms with Gasteiger partial charge in [-0.3, -0.25) is 4.98 Å². The summed E-state index contributed by atoms with van der Waals surface area (Å²) in [6.07, 6.45) is 0.691. The summed E-state index contributed by atoms with van der Waals surface area (Å²) in [7, 11) is 0. The molecule has 154 valence electrons. The number of pyridine rings is 1. The number of nitrogens with zero attached hydrogens (tertiary/aromatic N) is 1. The highest BCUT2D eigenvalue weighted by Gasteiger charge is 2.35. The number of fused-ring (bicyclic) bond motifs is 1. The van der Waals surface area contributed by atoms with Crippen LogP contribution in [0.5, 0.6) is 0 Å². The van der Waals surface area contributed by atoms with Gasteiger partial charge in [-0.1, -0.05) is 18.2 Å². The van der Waals surface area contributed by atoms with Gasteiger partial charge in [0.05, 0.1) is 5.56 Å². The summed E-state index contributed by atoms with van der Waals surface area (Å²) in [5.41, 5.74) is 0.00120. The minimum atomic E-state index is -4.67. The summed E-state index contributed by atoms with van der Waals surface area (Å²) in [6, 6.07) is 11.7. The Hall–Kier alpha value is -1.83. The lowest BCUT2D eigenvalue weighted by Crippen LogP contribution is -2.42. The fourth-order valence-electron chi connectivity index (χ4n) is 3.41. The first-order valence-electron chi connectivity index (χ1n) is 8.98. The summed E-state index contributed by atoms with van der Waals surface area (Å²) in [4.78, 5) is 4.59. The van der Waals surface area contributed by atoms with E-state index in [2.05, 4.69) is 16.4 Å². The van der Waals surface area contributed by atoms with E-state index in [4.69, 9.17) is 0 Å². The molecule has 0 radical (unpaired) electrons. The van der Waals surface area contributed by atoms with Crippen LogP contribution in [-0.4, -0.2) is 16.3 Å². The molecule has 1 heterocycles. The van der Waals surface area contributed by atoms with Crippen molar-refractivity contribution in [3.05, 3.63) is 71.8 Å². The van der Waals surface area contributed by atoms with Gasteiger partial charge in [0.1, 0.15) is 5.82 Å². The van der Waals surface area contributed by atoms with Gasteiger partial charge in [-0.05, 0) is 48.1 Å². The van der Waals surface area contributed by atoms with Crippen molar-refractivity contribution in [1.29, 1.82) is 0 Å². The van der Waals surface area contributed by atoms with E-state index in [1.165, 1.54) is 28.8 Å². The number of halogens is 5. The minimum Gasteiger partial charge on any atom is -0.310 e. The van der Waals surface area contributed by atoms with Crippen LogP contribution in [0.2, 0.25) is 0 Å². The third-order valence-electron chi connectivity index (χ3n) is 4.99. The van der Waals surface area contributed by atoms with Crippen LogP contribution < -0.4 is 5.32 Å². The van der Waals surface area contributed by atoms with Crippen molar-refractivity contribution in [2.75, 3.05) is 0 Å². The molecular weight excluding hydrogens is 424 g/mol. The molecule has 0 aliphatic heterocycles. The molecule has 2 aromatic carbocycles. The topological polar surface area (TPSA) is 24.9 Å². The molecule has 1 fully saturated rings. The summed E-state index contributed by atoms with van der Waals surface area (Å²) in [6.45, 7) is 0.734. The van der Waals surface area contributed by atoms with Crippen LogP contribution >= 0.6 is 24.2 Å². The molecule has 29 heavy (non-hydrogen) atoms. The van der Waals surface area contributed by atoms with Crippen LogP contribution in [0.1, 0.15) is 24.0 Å². The Kier molecular flexibility index (Phi) is 6.71. The lowest BCUT2D eigenvalue weighted by Gasteiger charge is -2.35. The largest absolute Gasteiger partial charge is 0.419 e. The Bertz CT molecular complexity index is 985. The highest BCUT2D eigenvalue weighted by molar-refractivity contribution is 8.00. The molecule has 0 saturated heterocycles. The Morgan fingerprint density at radius 1 is 1.10 bits per heavy atom. The first kappa shape index (κ1) is 21.9. The molecule has 0 spiro atoms. The zero-order valence-electron chi connectivity index (χ0n) is 15.2. The molecule has 0 unspecified atom stereocenters. The van der Waals surface area contributed by atoms with E-state index in [0.717, 1.165) is 36.9 Å². The van der Waals surface area contributed by atoms with Gasteiger partial charge in [0.2, 0.25) is 0 Å². The monoisotopic (exact) mass is 442 g/mol. The molecule has 1 aromatic heterocycles. The maximum Gasteiger partial charge on any atom is 0.419 e. The first-order valence-corrected chi connectivity index (χ1v) is 9.86. The zero-order chi connectivity index (χ0) is 19.7. The standard InChI is InChI=1S/C21H18F4N2S.ClH/c22-20-5-4-16(10-19(20)21(23,24)25)28-17-8-15(9-17)27-12-14-3-1-2-13-11-26-7-6-18(13)14;/h1-7,10-11,15,17,27H,8-9,12H2;1H. The number of benzene rings is 2. The second-order valence-electron chi connectivity index (χ2n) is 6.94. The second kappa shape index (κ2) is 8.90. The molecule has 3 aromatic rings. The summed E-state index contributed by atoms with van der Waals surface area (Å²) < 4.78 is 51.9. The fourth-order valence-corrected chi connectivity index (χ4v) is 4.79.